The first kappa shape index (κ1) is 26.4. The Hall–Kier alpha value is -2.71. The lowest BCUT2D eigenvalue weighted by molar-refractivity contribution is 0.0361. The lowest BCUT2D eigenvalue weighted by Gasteiger charge is -2.26. The summed E-state index contributed by atoms with van der Waals surface area (Å²) in [5, 5.41) is 22.0. The van der Waals surface area contributed by atoms with Gasteiger partial charge in [-0.2, -0.15) is 0 Å². The molecule has 1 aliphatic heterocycles. The number of halogens is 2. The van der Waals surface area contributed by atoms with E-state index in [1.54, 1.807) is 17.0 Å². The molecule has 3 aromatic rings. The monoisotopic (exact) mass is 531 g/mol. The molecule has 192 valence electrons. The zero-order valence-electron chi connectivity index (χ0n) is 20.1. The topological polar surface area (TPSA) is 78.2 Å². The first-order valence-corrected chi connectivity index (χ1v) is 12.9. The lowest BCUT2D eigenvalue weighted by atomic mass is 10.1. The summed E-state index contributed by atoms with van der Waals surface area (Å²) in [6.07, 6.45) is 3.08. The lowest BCUT2D eigenvalue weighted by Crippen LogP contribution is -2.38. The minimum absolute atomic E-state index is 0.0780. The van der Waals surface area contributed by atoms with Gasteiger partial charge in [0.2, 0.25) is 5.88 Å². The van der Waals surface area contributed by atoms with Crippen LogP contribution in [0.25, 0.3) is 0 Å². The number of rotatable bonds is 10. The number of morpholine rings is 1. The van der Waals surface area contributed by atoms with Crippen LogP contribution in [0.1, 0.15) is 27.9 Å². The van der Waals surface area contributed by atoms with Crippen LogP contribution in [0.4, 0.5) is 0 Å². The number of hydrogen-bond donors (Lipinski definition) is 2. The van der Waals surface area contributed by atoms with Gasteiger partial charge in [-0.3, -0.25) is 9.69 Å². The SMILES string of the molecule is O=C(c1cn(CCN2CCOCC2)c(O)c1O)N(CCCc1ccccc1)Cc1ccc(Cl)c(Cl)c1. The van der Waals surface area contributed by atoms with Crippen LogP contribution in [0.5, 0.6) is 11.6 Å². The van der Waals surface area contributed by atoms with Crippen LogP contribution in [0, 0.1) is 0 Å². The maximum Gasteiger partial charge on any atom is 0.259 e. The predicted octanol–water partition coefficient (Wildman–Crippen LogP) is 4.81. The fourth-order valence-corrected chi connectivity index (χ4v) is 4.66. The van der Waals surface area contributed by atoms with E-state index in [4.69, 9.17) is 27.9 Å². The zero-order valence-corrected chi connectivity index (χ0v) is 21.6. The third kappa shape index (κ3) is 6.73. The van der Waals surface area contributed by atoms with Crippen LogP contribution in [0.3, 0.4) is 0 Å². The van der Waals surface area contributed by atoms with E-state index in [1.165, 1.54) is 16.3 Å². The molecule has 2 heterocycles. The Morgan fingerprint density at radius 2 is 1.72 bits per heavy atom. The molecule has 0 aliphatic carbocycles. The van der Waals surface area contributed by atoms with Crippen molar-refractivity contribution in [3.63, 3.8) is 0 Å². The van der Waals surface area contributed by atoms with E-state index in [0.29, 0.717) is 49.4 Å². The normalized spacial score (nSPS) is 14.2. The van der Waals surface area contributed by atoms with Gasteiger partial charge in [0, 0.05) is 45.5 Å². The fourth-order valence-electron chi connectivity index (χ4n) is 4.34. The van der Waals surface area contributed by atoms with Crippen molar-refractivity contribution in [1.82, 2.24) is 14.4 Å². The van der Waals surface area contributed by atoms with Gasteiger partial charge in [-0.15, -0.1) is 0 Å². The maximum atomic E-state index is 13.6. The van der Waals surface area contributed by atoms with Crippen LogP contribution >= 0.6 is 23.2 Å². The van der Waals surface area contributed by atoms with Crippen molar-refractivity contribution in [3.8, 4) is 11.6 Å². The van der Waals surface area contributed by atoms with Gasteiger partial charge >= 0.3 is 0 Å². The summed E-state index contributed by atoms with van der Waals surface area (Å²) in [6, 6.07) is 15.4. The molecule has 4 rings (SSSR count). The number of ether oxygens (including phenoxy) is 1. The molecule has 1 aromatic heterocycles. The highest BCUT2D eigenvalue weighted by Crippen LogP contribution is 2.33. The second-order valence-electron chi connectivity index (χ2n) is 8.93. The first-order chi connectivity index (χ1) is 17.4. The number of aromatic hydroxyl groups is 2. The maximum absolute atomic E-state index is 13.6. The van der Waals surface area contributed by atoms with Gasteiger partial charge < -0.3 is 24.4 Å². The highest BCUT2D eigenvalue weighted by Gasteiger charge is 2.25. The smallest absolute Gasteiger partial charge is 0.259 e. The van der Waals surface area contributed by atoms with Crippen LogP contribution in [-0.2, 0) is 24.2 Å². The Bertz CT molecular complexity index is 1160. The molecule has 0 bridgehead atoms. The van der Waals surface area contributed by atoms with Crippen molar-refractivity contribution >= 4 is 29.1 Å². The van der Waals surface area contributed by atoms with Crippen LogP contribution < -0.4 is 0 Å². The van der Waals surface area contributed by atoms with Gasteiger partial charge in [0.1, 0.15) is 5.56 Å². The standard InChI is InChI=1S/C27H31Cl2N3O4/c28-23-9-8-21(17-24(23)29)18-31(10-4-7-20-5-2-1-3-6-20)26(34)22-19-32(27(35)25(22)33)12-11-30-13-15-36-16-14-30/h1-3,5-6,8-9,17,19,33,35H,4,7,10-16,18H2. The molecule has 2 N–H and O–H groups in total. The number of hydrogen-bond acceptors (Lipinski definition) is 5. The van der Waals surface area contributed by atoms with E-state index in [0.717, 1.165) is 31.5 Å². The van der Waals surface area contributed by atoms with Crippen molar-refractivity contribution in [3.05, 3.63) is 81.5 Å². The summed E-state index contributed by atoms with van der Waals surface area (Å²) in [7, 11) is 0. The third-order valence-electron chi connectivity index (χ3n) is 6.40. The third-order valence-corrected chi connectivity index (χ3v) is 7.14. The van der Waals surface area contributed by atoms with Crippen LogP contribution in [0.2, 0.25) is 10.0 Å². The number of nitrogens with zero attached hydrogens (tertiary/aromatic N) is 3. The van der Waals surface area contributed by atoms with Crippen molar-refractivity contribution < 1.29 is 19.7 Å². The molecule has 7 nitrogen and oxygen atoms in total. The van der Waals surface area contributed by atoms with Gasteiger partial charge in [-0.05, 0) is 36.1 Å². The van der Waals surface area contributed by atoms with Crippen molar-refractivity contribution in [2.75, 3.05) is 39.4 Å². The number of aryl methyl sites for hydroxylation is 1. The van der Waals surface area contributed by atoms with E-state index in [9.17, 15) is 15.0 Å². The quantitative estimate of drug-likeness (QED) is 0.392. The Morgan fingerprint density at radius 1 is 0.972 bits per heavy atom. The molecule has 0 unspecified atom stereocenters. The number of carbonyl (C=O) groups excluding carboxylic acids is 1. The minimum Gasteiger partial charge on any atom is -0.503 e. The van der Waals surface area contributed by atoms with E-state index < -0.39 is 5.75 Å². The average Bonchev–Trinajstić information content (AvgIpc) is 3.18. The Balaban J connectivity index is 1.50. The Labute approximate surface area is 221 Å². The number of benzene rings is 2. The summed E-state index contributed by atoms with van der Waals surface area (Å²) >= 11 is 12.3. The van der Waals surface area contributed by atoms with E-state index in [2.05, 4.69) is 17.0 Å². The van der Waals surface area contributed by atoms with E-state index >= 15 is 0 Å². The molecule has 9 heteroatoms. The zero-order chi connectivity index (χ0) is 25.5. The van der Waals surface area contributed by atoms with Crippen molar-refractivity contribution in [2.45, 2.75) is 25.9 Å². The number of carbonyl (C=O) groups is 1. The van der Waals surface area contributed by atoms with Gasteiger partial charge in [-0.1, -0.05) is 59.6 Å². The molecule has 1 saturated heterocycles. The largest absolute Gasteiger partial charge is 0.503 e. The van der Waals surface area contributed by atoms with Crippen LogP contribution in [0.15, 0.2) is 54.7 Å². The summed E-state index contributed by atoms with van der Waals surface area (Å²) in [4.78, 5) is 17.5. The highest BCUT2D eigenvalue weighted by molar-refractivity contribution is 6.42. The van der Waals surface area contributed by atoms with E-state index in [-0.39, 0.29) is 17.4 Å². The number of amides is 1. The average molecular weight is 532 g/mol. The summed E-state index contributed by atoms with van der Waals surface area (Å²) in [6.45, 7) is 4.89. The molecule has 0 saturated carbocycles. The molecule has 36 heavy (non-hydrogen) atoms. The van der Waals surface area contributed by atoms with Crippen LogP contribution in [-0.4, -0.2) is 69.9 Å². The predicted molar refractivity (Wildman–Crippen MR) is 141 cm³/mol. The van der Waals surface area contributed by atoms with E-state index in [1.807, 2.05) is 24.3 Å². The molecule has 1 aliphatic rings. The van der Waals surface area contributed by atoms with Gasteiger partial charge in [0.15, 0.2) is 5.75 Å². The van der Waals surface area contributed by atoms with Gasteiger partial charge in [0.25, 0.3) is 5.91 Å². The molecule has 0 spiro atoms. The minimum atomic E-state index is -0.399. The summed E-state index contributed by atoms with van der Waals surface area (Å²) in [5.41, 5.74) is 2.09. The summed E-state index contributed by atoms with van der Waals surface area (Å²) < 4.78 is 6.90. The number of aromatic nitrogens is 1. The Kier molecular flexibility index (Phi) is 9.15. The molecule has 0 radical (unpaired) electrons. The molecular weight excluding hydrogens is 501 g/mol. The second-order valence-corrected chi connectivity index (χ2v) is 9.74. The highest BCUT2D eigenvalue weighted by atomic mass is 35.5. The van der Waals surface area contributed by atoms with Crippen molar-refractivity contribution in [2.24, 2.45) is 0 Å². The molecule has 0 atom stereocenters. The fraction of sp³-hybridized carbons (Fsp3) is 0.370. The molecule has 2 aromatic carbocycles. The van der Waals surface area contributed by atoms with Crippen molar-refractivity contribution in [1.29, 1.82) is 0 Å². The molecule has 1 fully saturated rings. The van der Waals surface area contributed by atoms with Gasteiger partial charge in [0.05, 0.1) is 23.3 Å². The molecular formula is C27H31Cl2N3O4. The molecule has 1 amide bonds. The first-order valence-electron chi connectivity index (χ1n) is 12.1. The second kappa shape index (κ2) is 12.5. The Morgan fingerprint density at radius 3 is 2.44 bits per heavy atom. The summed E-state index contributed by atoms with van der Waals surface area (Å²) in [5.74, 6) is -1.05. The van der Waals surface area contributed by atoms with Gasteiger partial charge in [-0.25, -0.2) is 0 Å².